The van der Waals surface area contributed by atoms with Crippen molar-refractivity contribution in [2.45, 2.75) is 72.1 Å². The molecule has 2 nitrogen and oxygen atoms in total. The molecule has 0 unspecified atom stereocenters. The normalized spacial score (nSPS) is 13.2. The largest absolute Gasteiger partial charge is 0.389 e. The molecule has 21 heavy (non-hydrogen) atoms. The predicted octanol–water partition coefficient (Wildman–Crippen LogP) is 4.72. The van der Waals surface area contributed by atoms with E-state index in [9.17, 15) is 13.2 Å². The number of thiazole rings is 1. The van der Waals surface area contributed by atoms with Crippen LogP contribution in [0.2, 0.25) is 0 Å². The SMILES string of the molecule is CC(C)Cc1nc(CCC(F)(F)F)sc1CNC(C)(C)C. The molecule has 6 heteroatoms. The number of aromatic nitrogens is 1. The first kappa shape index (κ1) is 18.4. The van der Waals surface area contributed by atoms with Gasteiger partial charge in [0, 0.05) is 29.8 Å². The summed E-state index contributed by atoms with van der Waals surface area (Å²) in [5.41, 5.74) is 0.925. The van der Waals surface area contributed by atoms with E-state index in [0.29, 0.717) is 17.5 Å². The highest BCUT2D eigenvalue weighted by Crippen LogP contribution is 2.27. The zero-order chi connectivity index (χ0) is 16.3. The molecule has 0 aliphatic carbocycles. The van der Waals surface area contributed by atoms with Crippen LogP contribution in [0, 0.1) is 5.92 Å². The highest BCUT2D eigenvalue weighted by Gasteiger charge is 2.27. The van der Waals surface area contributed by atoms with E-state index in [1.807, 2.05) is 0 Å². The highest BCUT2D eigenvalue weighted by molar-refractivity contribution is 7.11. The lowest BCUT2D eigenvalue weighted by atomic mass is 10.1. The Balaban J connectivity index is 2.80. The Kier molecular flexibility index (Phi) is 6.23. The summed E-state index contributed by atoms with van der Waals surface area (Å²) >= 11 is 1.41. The highest BCUT2D eigenvalue weighted by atomic mass is 32.1. The lowest BCUT2D eigenvalue weighted by Gasteiger charge is -2.20. The van der Waals surface area contributed by atoms with E-state index in [4.69, 9.17) is 0 Å². The van der Waals surface area contributed by atoms with Gasteiger partial charge in [-0.2, -0.15) is 13.2 Å². The first-order valence-corrected chi connectivity index (χ1v) is 8.07. The fourth-order valence-corrected chi connectivity index (χ4v) is 2.86. The van der Waals surface area contributed by atoms with Gasteiger partial charge in [-0.3, -0.25) is 0 Å². The number of hydrogen-bond acceptors (Lipinski definition) is 3. The van der Waals surface area contributed by atoms with Crippen molar-refractivity contribution in [3.8, 4) is 0 Å². The maximum absolute atomic E-state index is 12.3. The van der Waals surface area contributed by atoms with Crippen LogP contribution in [0.15, 0.2) is 0 Å². The van der Waals surface area contributed by atoms with Crippen LogP contribution >= 0.6 is 11.3 Å². The molecule has 0 aliphatic heterocycles. The van der Waals surface area contributed by atoms with E-state index >= 15 is 0 Å². The second-order valence-electron chi connectivity index (χ2n) is 6.79. The Morgan fingerprint density at radius 1 is 1.19 bits per heavy atom. The Labute approximate surface area is 129 Å². The molecule has 0 spiro atoms. The second-order valence-corrected chi connectivity index (χ2v) is 7.96. The summed E-state index contributed by atoms with van der Waals surface area (Å²) in [7, 11) is 0. The van der Waals surface area contributed by atoms with Crippen molar-refractivity contribution in [3.05, 3.63) is 15.6 Å². The van der Waals surface area contributed by atoms with E-state index in [2.05, 4.69) is 44.9 Å². The van der Waals surface area contributed by atoms with Crippen LogP contribution in [0.4, 0.5) is 13.2 Å². The van der Waals surface area contributed by atoms with Crippen LogP contribution in [0.3, 0.4) is 0 Å². The van der Waals surface area contributed by atoms with E-state index in [0.717, 1.165) is 17.0 Å². The number of aryl methyl sites for hydroxylation is 1. The average Bonchev–Trinajstić information content (AvgIpc) is 2.63. The van der Waals surface area contributed by atoms with Gasteiger partial charge in [0.05, 0.1) is 10.7 Å². The van der Waals surface area contributed by atoms with E-state index in [-0.39, 0.29) is 12.0 Å². The minimum Gasteiger partial charge on any atom is -0.307 e. The van der Waals surface area contributed by atoms with Gasteiger partial charge < -0.3 is 5.32 Å². The summed E-state index contributed by atoms with van der Waals surface area (Å²) < 4.78 is 37.0. The van der Waals surface area contributed by atoms with Crippen molar-refractivity contribution in [1.82, 2.24) is 10.3 Å². The van der Waals surface area contributed by atoms with Gasteiger partial charge in [0.1, 0.15) is 0 Å². The number of nitrogens with one attached hydrogen (secondary N) is 1. The number of nitrogens with zero attached hydrogens (tertiary/aromatic N) is 1. The molecule has 122 valence electrons. The molecule has 0 bridgehead atoms. The summed E-state index contributed by atoms with van der Waals surface area (Å²) in [6.07, 6.45) is -4.13. The number of rotatable bonds is 6. The Hall–Kier alpha value is -0.620. The lowest BCUT2D eigenvalue weighted by molar-refractivity contribution is -0.134. The van der Waals surface area contributed by atoms with E-state index in [1.54, 1.807) is 0 Å². The summed E-state index contributed by atoms with van der Waals surface area (Å²) in [5.74, 6) is 0.441. The maximum Gasteiger partial charge on any atom is 0.389 e. The molecule has 0 saturated carbocycles. The lowest BCUT2D eigenvalue weighted by Crippen LogP contribution is -2.35. The van der Waals surface area contributed by atoms with Crippen molar-refractivity contribution in [3.63, 3.8) is 0 Å². The minimum atomic E-state index is -4.12. The third-order valence-corrected chi connectivity index (χ3v) is 3.98. The van der Waals surface area contributed by atoms with Crippen LogP contribution in [0.1, 0.15) is 56.6 Å². The van der Waals surface area contributed by atoms with Gasteiger partial charge in [-0.1, -0.05) is 13.8 Å². The first-order valence-electron chi connectivity index (χ1n) is 7.25. The van der Waals surface area contributed by atoms with Crippen molar-refractivity contribution in [1.29, 1.82) is 0 Å². The summed E-state index contributed by atoms with van der Waals surface area (Å²) in [5, 5.41) is 3.98. The second kappa shape index (κ2) is 7.09. The third kappa shape index (κ3) is 7.81. The minimum absolute atomic E-state index is 0.0191. The van der Waals surface area contributed by atoms with Gasteiger partial charge in [-0.05, 0) is 33.1 Å². The van der Waals surface area contributed by atoms with Gasteiger partial charge in [-0.25, -0.2) is 4.98 Å². The van der Waals surface area contributed by atoms with Crippen molar-refractivity contribution < 1.29 is 13.2 Å². The standard InChI is InChI=1S/C15H25F3N2S/c1-10(2)8-11-12(9-19-14(3,4)5)21-13(20-11)6-7-15(16,17)18/h10,19H,6-9H2,1-5H3. The first-order chi connectivity index (χ1) is 9.46. The van der Waals surface area contributed by atoms with Gasteiger partial charge in [0.25, 0.3) is 0 Å². The molecule has 1 rings (SSSR count). The van der Waals surface area contributed by atoms with Crippen LogP contribution in [-0.2, 0) is 19.4 Å². The summed E-state index contributed by atoms with van der Waals surface area (Å²) in [4.78, 5) is 5.50. The molecule has 0 atom stereocenters. The van der Waals surface area contributed by atoms with Crippen LogP contribution < -0.4 is 5.32 Å². The molecular formula is C15H25F3N2S. The van der Waals surface area contributed by atoms with Gasteiger partial charge in [0.2, 0.25) is 0 Å². The van der Waals surface area contributed by atoms with E-state index < -0.39 is 12.6 Å². The molecule has 0 radical (unpaired) electrons. The number of alkyl halides is 3. The zero-order valence-corrected chi connectivity index (χ0v) is 14.2. The molecular weight excluding hydrogens is 297 g/mol. The fourth-order valence-electron chi connectivity index (χ4n) is 1.82. The summed E-state index contributed by atoms with van der Waals surface area (Å²) in [6.45, 7) is 11.1. The molecule has 1 aromatic rings. The van der Waals surface area contributed by atoms with Crippen LogP contribution in [0.25, 0.3) is 0 Å². The number of hydrogen-bond donors (Lipinski definition) is 1. The Morgan fingerprint density at radius 3 is 2.29 bits per heavy atom. The van der Waals surface area contributed by atoms with Gasteiger partial charge >= 0.3 is 6.18 Å². The smallest absolute Gasteiger partial charge is 0.307 e. The third-order valence-electron chi connectivity index (χ3n) is 2.83. The Bertz CT molecular complexity index is 445. The van der Waals surface area contributed by atoms with Crippen LogP contribution in [0.5, 0.6) is 0 Å². The maximum atomic E-state index is 12.3. The molecule has 0 aromatic carbocycles. The molecule has 0 saturated heterocycles. The fraction of sp³-hybridized carbons (Fsp3) is 0.800. The summed E-state index contributed by atoms with van der Waals surface area (Å²) in [6, 6.07) is 0. The molecule has 1 aromatic heterocycles. The van der Waals surface area contributed by atoms with Crippen molar-refractivity contribution >= 4 is 11.3 Å². The van der Waals surface area contributed by atoms with Crippen molar-refractivity contribution in [2.75, 3.05) is 0 Å². The number of halogens is 3. The zero-order valence-electron chi connectivity index (χ0n) is 13.4. The predicted molar refractivity (Wildman–Crippen MR) is 81.6 cm³/mol. The van der Waals surface area contributed by atoms with Crippen molar-refractivity contribution in [2.24, 2.45) is 5.92 Å². The molecule has 1 heterocycles. The molecule has 1 N–H and O–H groups in total. The van der Waals surface area contributed by atoms with Gasteiger partial charge in [-0.15, -0.1) is 11.3 Å². The molecule has 0 fully saturated rings. The topological polar surface area (TPSA) is 24.9 Å². The van der Waals surface area contributed by atoms with E-state index in [1.165, 1.54) is 11.3 Å². The molecule has 0 aliphatic rings. The Morgan fingerprint density at radius 2 is 1.81 bits per heavy atom. The average molecular weight is 322 g/mol. The van der Waals surface area contributed by atoms with Gasteiger partial charge in [0.15, 0.2) is 0 Å². The van der Waals surface area contributed by atoms with Crippen LogP contribution in [-0.4, -0.2) is 16.7 Å². The molecule has 0 amide bonds. The quantitative estimate of drug-likeness (QED) is 0.819. The monoisotopic (exact) mass is 322 g/mol.